The largest absolute Gasteiger partial charge is 0.389 e. The molecule has 0 bridgehead atoms. The van der Waals surface area contributed by atoms with Gasteiger partial charge >= 0.3 is 0 Å². The number of rotatable bonds is 10. The van der Waals surface area contributed by atoms with Gasteiger partial charge in [0, 0.05) is 6.61 Å². The topological polar surface area (TPSA) is 29.5 Å². The second kappa shape index (κ2) is 11.0. The zero-order valence-corrected chi connectivity index (χ0v) is 15.1. The number of unbranched alkanes of at least 4 members (excludes halogenated alkanes) is 5. The highest BCUT2D eigenvalue weighted by atomic mass is 16.5. The Morgan fingerprint density at radius 1 is 1.09 bits per heavy atom. The maximum atomic E-state index is 10.2. The second-order valence-corrected chi connectivity index (χ2v) is 6.78. The van der Waals surface area contributed by atoms with Crippen molar-refractivity contribution in [2.24, 2.45) is 11.8 Å². The SMILES string of the molecule is CC=CCC1=CC(O)C(C)C(C)C1OCCCCCCCC. The molecule has 0 saturated carbocycles. The minimum Gasteiger partial charge on any atom is -0.389 e. The number of aliphatic hydroxyl groups is 1. The van der Waals surface area contributed by atoms with Gasteiger partial charge in [-0.05, 0) is 37.2 Å². The van der Waals surface area contributed by atoms with E-state index >= 15 is 0 Å². The molecule has 0 aromatic heterocycles. The Labute approximate surface area is 137 Å². The number of ether oxygens (including phenoxy) is 1. The summed E-state index contributed by atoms with van der Waals surface area (Å²) in [5, 5.41) is 10.2. The fourth-order valence-corrected chi connectivity index (χ4v) is 3.18. The molecule has 1 N–H and O–H groups in total. The summed E-state index contributed by atoms with van der Waals surface area (Å²) in [5.74, 6) is 0.643. The fraction of sp³-hybridized carbons (Fsp3) is 0.800. The molecule has 0 aromatic carbocycles. The van der Waals surface area contributed by atoms with Crippen molar-refractivity contribution in [1.82, 2.24) is 0 Å². The van der Waals surface area contributed by atoms with Crippen LogP contribution in [0, 0.1) is 11.8 Å². The molecule has 4 unspecified atom stereocenters. The molecule has 0 amide bonds. The molecule has 0 aliphatic heterocycles. The third-order valence-corrected chi connectivity index (χ3v) is 4.98. The lowest BCUT2D eigenvalue weighted by atomic mass is 9.77. The molecular weight excluding hydrogens is 272 g/mol. The van der Waals surface area contributed by atoms with E-state index in [-0.39, 0.29) is 18.1 Å². The Bertz CT molecular complexity index is 346. The summed E-state index contributed by atoms with van der Waals surface area (Å²) >= 11 is 0. The molecule has 4 atom stereocenters. The van der Waals surface area contributed by atoms with E-state index in [2.05, 4.69) is 32.9 Å². The zero-order chi connectivity index (χ0) is 16.4. The van der Waals surface area contributed by atoms with Crippen molar-refractivity contribution < 1.29 is 9.84 Å². The average Bonchev–Trinajstić information content (AvgIpc) is 2.51. The summed E-state index contributed by atoms with van der Waals surface area (Å²) in [5.41, 5.74) is 1.25. The third kappa shape index (κ3) is 6.26. The van der Waals surface area contributed by atoms with Crippen molar-refractivity contribution in [1.29, 1.82) is 0 Å². The van der Waals surface area contributed by atoms with Gasteiger partial charge in [0.25, 0.3) is 0 Å². The molecule has 2 nitrogen and oxygen atoms in total. The quantitative estimate of drug-likeness (QED) is 0.440. The molecule has 0 fully saturated rings. The normalized spacial score (nSPS) is 29.0. The first-order valence-electron chi connectivity index (χ1n) is 9.23. The number of hydrogen-bond donors (Lipinski definition) is 1. The molecule has 1 aliphatic rings. The number of aliphatic hydroxyl groups excluding tert-OH is 1. The van der Waals surface area contributed by atoms with E-state index in [9.17, 15) is 5.11 Å². The van der Waals surface area contributed by atoms with Crippen LogP contribution in [-0.2, 0) is 4.74 Å². The van der Waals surface area contributed by atoms with E-state index < -0.39 is 0 Å². The van der Waals surface area contributed by atoms with E-state index in [1.807, 2.05) is 13.0 Å². The minimum atomic E-state index is -0.329. The fourth-order valence-electron chi connectivity index (χ4n) is 3.18. The first kappa shape index (κ1) is 19.4. The van der Waals surface area contributed by atoms with Gasteiger partial charge < -0.3 is 9.84 Å². The van der Waals surface area contributed by atoms with Crippen LogP contribution in [0.25, 0.3) is 0 Å². The summed E-state index contributed by atoms with van der Waals surface area (Å²) in [4.78, 5) is 0. The van der Waals surface area contributed by atoms with Gasteiger partial charge in [0.2, 0.25) is 0 Å². The summed E-state index contributed by atoms with van der Waals surface area (Å²) in [6.45, 7) is 9.47. The van der Waals surface area contributed by atoms with Crippen LogP contribution in [0.15, 0.2) is 23.8 Å². The lowest BCUT2D eigenvalue weighted by Gasteiger charge is -2.37. The van der Waals surface area contributed by atoms with Crippen molar-refractivity contribution >= 4 is 0 Å². The summed E-state index contributed by atoms with van der Waals surface area (Å²) in [7, 11) is 0. The van der Waals surface area contributed by atoms with Crippen LogP contribution in [-0.4, -0.2) is 23.9 Å². The van der Waals surface area contributed by atoms with E-state index in [4.69, 9.17) is 4.74 Å². The average molecular weight is 309 g/mol. The maximum absolute atomic E-state index is 10.2. The molecule has 0 heterocycles. The molecule has 22 heavy (non-hydrogen) atoms. The molecule has 128 valence electrons. The predicted octanol–water partition coefficient (Wildman–Crippen LogP) is 5.27. The van der Waals surface area contributed by atoms with Crippen molar-refractivity contribution in [3.63, 3.8) is 0 Å². The van der Waals surface area contributed by atoms with E-state index in [0.717, 1.165) is 19.4 Å². The van der Waals surface area contributed by atoms with Crippen molar-refractivity contribution in [2.45, 2.75) is 84.8 Å². The van der Waals surface area contributed by atoms with Crippen molar-refractivity contribution in [3.05, 3.63) is 23.8 Å². The highest BCUT2D eigenvalue weighted by molar-refractivity contribution is 5.20. The van der Waals surface area contributed by atoms with E-state index in [1.54, 1.807) is 0 Å². The Morgan fingerprint density at radius 3 is 2.45 bits per heavy atom. The molecule has 0 radical (unpaired) electrons. The van der Waals surface area contributed by atoms with Gasteiger partial charge in [-0.3, -0.25) is 0 Å². The molecule has 0 saturated heterocycles. The Balaban J connectivity index is 2.44. The number of allylic oxidation sites excluding steroid dienone is 2. The zero-order valence-electron chi connectivity index (χ0n) is 15.1. The van der Waals surface area contributed by atoms with Crippen molar-refractivity contribution in [2.75, 3.05) is 6.61 Å². The van der Waals surface area contributed by atoms with Crippen LogP contribution in [0.2, 0.25) is 0 Å². The summed E-state index contributed by atoms with van der Waals surface area (Å²) in [6, 6.07) is 0. The molecule has 1 aliphatic carbocycles. The molecule has 1 rings (SSSR count). The van der Waals surface area contributed by atoms with Gasteiger partial charge in [-0.1, -0.05) is 71.1 Å². The first-order valence-corrected chi connectivity index (χ1v) is 9.23. The highest BCUT2D eigenvalue weighted by Crippen LogP contribution is 2.33. The van der Waals surface area contributed by atoms with Crippen LogP contribution in [0.1, 0.15) is 72.6 Å². The van der Waals surface area contributed by atoms with Crippen molar-refractivity contribution in [3.8, 4) is 0 Å². The molecule has 0 spiro atoms. The molecule has 2 heteroatoms. The van der Waals surface area contributed by atoms with Gasteiger partial charge in [-0.15, -0.1) is 0 Å². The van der Waals surface area contributed by atoms with Crippen LogP contribution < -0.4 is 0 Å². The Morgan fingerprint density at radius 2 is 1.77 bits per heavy atom. The number of hydrogen-bond acceptors (Lipinski definition) is 2. The smallest absolute Gasteiger partial charge is 0.0818 e. The van der Waals surface area contributed by atoms with Gasteiger partial charge in [-0.25, -0.2) is 0 Å². The summed E-state index contributed by atoms with van der Waals surface area (Å²) < 4.78 is 6.22. The molecular formula is C20H36O2. The predicted molar refractivity (Wildman–Crippen MR) is 95.0 cm³/mol. The second-order valence-electron chi connectivity index (χ2n) is 6.78. The molecule has 0 aromatic rings. The van der Waals surface area contributed by atoms with Crippen LogP contribution in [0.5, 0.6) is 0 Å². The standard InChI is InChI=1S/C20H36O2/c1-5-7-9-10-11-12-14-22-20-17(4)16(3)19(21)15-18(20)13-8-6-2/h6,8,15-17,19-21H,5,7,9-14H2,1-4H3. The first-order chi connectivity index (χ1) is 10.6. The van der Waals surface area contributed by atoms with Gasteiger partial charge in [0.15, 0.2) is 0 Å². The third-order valence-electron chi connectivity index (χ3n) is 4.98. The van der Waals surface area contributed by atoms with E-state index in [0.29, 0.717) is 5.92 Å². The van der Waals surface area contributed by atoms with Crippen LogP contribution >= 0.6 is 0 Å². The lowest BCUT2D eigenvalue weighted by molar-refractivity contribution is -0.0114. The van der Waals surface area contributed by atoms with Gasteiger partial charge in [0.05, 0.1) is 12.2 Å². The monoisotopic (exact) mass is 308 g/mol. The van der Waals surface area contributed by atoms with Crippen LogP contribution in [0.3, 0.4) is 0 Å². The van der Waals surface area contributed by atoms with Crippen LogP contribution in [0.4, 0.5) is 0 Å². The maximum Gasteiger partial charge on any atom is 0.0818 e. The minimum absolute atomic E-state index is 0.172. The highest BCUT2D eigenvalue weighted by Gasteiger charge is 2.34. The Kier molecular flexibility index (Phi) is 9.74. The summed E-state index contributed by atoms with van der Waals surface area (Å²) in [6.07, 6.45) is 14.7. The lowest BCUT2D eigenvalue weighted by Crippen LogP contribution is -2.39. The van der Waals surface area contributed by atoms with E-state index in [1.165, 1.54) is 37.7 Å². The van der Waals surface area contributed by atoms with Gasteiger partial charge in [-0.2, -0.15) is 0 Å². The van der Waals surface area contributed by atoms with Gasteiger partial charge in [0.1, 0.15) is 0 Å². The Hall–Kier alpha value is -0.600.